The number of hydrogen-bond donors (Lipinski definition) is 0. The summed E-state index contributed by atoms with van der Waals surface area (Å²) >= 11 is 6.35. The Morgan fingerprint density at radius 3 is 2.55 bits per heavy atom. The molecule has 1 unspecified atom stereocenters. The van der Waals surface area contributed by atoms with E-state index >= 15 is 0 Å². The summed E-state index contributed by atoms with van der Waals surface area (Å²) in [7, 11) is 1.99. The van der Waals surface area contributed by atoms with Crippen LogP contribution in [0.4, 0.5) is 11.5 Å². The van der Waals surface area contributed by atoms with Gasteiger partial charge >= 0.3 is 0 Å². The van der Waals surface area contributed by atoms with Gasteiger partial charge in [0.25, 0.3) is 5.91 Å². The second-order valence-electron chi connectivity index (χ2n) is 10.2. The van der Waals surface area contributed by atoms with Crippen molar-refractivity contribution < 1.29 is 4.79 Å². The maximum Gasteiger partial charge on any atom is 0.270 e. The molecule has 2 aliphatic heterocycles. The van der Waals surface area contributed by atoms with Crippen molar-refractivity contribution in [2.24, 2.45) is 7.05 Å². The minimum Gasteiger partial charge on any atom is -0.368 e. The predicted molar refractivity (Wildman–Crippen MR) is 151 cm³/mol. The fourth-order valence-corrected chi connectivity index (χ4v) is 5.75. The van der Waals surface area contributed by atoms with Gasteiger partial charge in [0.15, 0.2) is 0 Å². The second-order valence-corrected chi connectivity index (χ2v) is 10.6. The van der Waals surface area contributed by atoms with Gasteiger partial charge in [0.1, 0.15) is 11.5 Å². The Morgan fingerprint density at radius 1 is 1.08 bits per heavy atom. The largest absolute Gasteiger partial charge is 0.368 e. The first-order valence-corrected chi connectivity index (χ1v) is 13.5. The van der Waals surface area contributed by atoms with Gasteiger partial charge in [0.05, 0.1) is 16.7 Å². The van der Waals surface area contributed by atoms with E-state index in [1.165, 1.54) is 5.56 Å². The highest BCUT2D eigenvalue weighted by molar-refractivity contribution is 6.32. The average Bonchev–Trinajstić information content (AvgIpc) is 3.22. The van der Waals surface area contributed by atoms with Gasteiger partial charge < -0.3 is 19.3 Å². The lowest BCUT2D eigenvalue weighted by Gasteiger charge is -2.41. The van der Waals surface area contributed by atoms with Gasteiger partial charge in [-0.05, 0) is 55.8 Å². The van der Waals surface area contributed by atoms with Crippen molar-refractivity contribution >= 4 is 29.0 Å². The molecule has 0 bridgehead atoms. The first kappa shape index (κ1) is 26.1. The van der Waals surface area contributed by atoms with Crippen molar-refractivity contribution in [1.29, 1.82) is 5.26 Å². The molecule has 1 amide bonds. The molecule has 4 heterocycles. The number of nitrogens with zero attached hydrogens (tertiary/aromatic N) is 7. The van der Waals surface area contributed by atoms with Gasteiger partial charge in [-0.2, -0.15) is 5.26 Å². The van der Waals surface area contributed by atoms with Gasteiger partial charge in [0, 0.05) is 83.0 Å². The molecule has 1 atom stereocenters. The highest BCUT2D eigenvalue weighted by Gasteiger charge is 2.31. The molecule has 198 valence electrons. The lowest BCUT2D eigenvalue weighted by atomic mass is 10.1. The third-order valence-corrected chi connectivity index (χ3v) is 8.19. The van der Waals surface area contributed by atoms with Gasteiger partial charge in [-0.15, -0.1) is 0 Å². The Hall–Kier alpha value is -3.54. The molecule has 9 heteroatoms. The van der Waals surface area contributed by atoms with E-state index in [1.54, 1.807) is 6.20 Å². The van der Waals surface area contributed by atoms with Crippen LogP contribution in [0.25, 0.3) is 0 Å². The third kappa shape index (κ3) is 5.22. The zero-order chi connectivity index (χ0) is 26.8. The van der Waals surface area contributed by atoms with Crippen LogP contribution in [0.1, 0.15) is 34.2 Å². The van der Waals surface area contributed by atoms with Gasteiger partial charge in [-0.25, -0.2) is 4.98 Å². The molecular weight excluding hydrogens is 498 g/mol. The number of halogens is 1. The summed E-state index contributed by atoms with van der Waals surface area (Å²) in [5.41, 5.74) is 4.75. The summed E-state index contributed by atoms with van der Waals surface area (Å²) in [6, 6.07) is 15.8. The highest BCUT2D eigenvalue weighted by atomic mass is 35.5. The van der Waals surface area contributed by atoms with Gasteiger partial charge in [-0.1, -0.05) is 17.7 Å². The molecule has 0 radical (unpaired) electrons. The number of benzene rings is 1. The normalized spacial score (nSPS) is 18.5. The minimum absolute atomic E-state index is 0.0622. The minimum atomic E-state index is 0.0622. The van der Waals surface area contributed by atoms with Crippen LogP contribution >= 0.6 is 11.6 Å². The Labute approximate surface area is 229 Å². The molecule has 2 saturated heterocycles. The molecule has 2 aromatic heterocycles. The Bertz CT molecular complexity index is 1360. The van der Waals surface area contributed by atoms with Crippen LogP contribution in [0, 0.1) is 18.3 Å². The third-order valence-electron chi connectivity index (χ3n) is 7.89. The molecule has 8 nitrogen and oxygen atoms in total. The summed E-state index contributed by atoms with van der Waals surface area (Å²) in [4.78, 5) is 27.0. The number of carbonyl (C=O) groups is 1. The maximum absolute atomic E-state index is 13.7. The topological polar surface area (TPSA) is 71.6 Å². The van der Waals surface area contributed by atoms with Crippen molar-refractivity contribution in [1.82, 2.24) is 19.4 Å². The van der Waals surface area contributed by atoms with Crippen molar-refractivity contribution in [2.75, 3.05) is 55.6 Å². The second kappa shape index (κ2) is 11.1. The van der Waals surface area contributed by atoms with Crippen LogP contribution in [-0.4, -0.2) is 77.1 Å². The zero-order valence-electron chi connectivity index (χ0n) is 22.3. The molecule has 3 aromatic rings. The molecule has 1 aromatic carbocycles. The first-order chi connectivity index (χ1) is 18.4. The maximum atomic E-state index is 13.7. The number of carbonyl (C=O) groups excluding carboxylic acids is 1. The fourth-order valence-electron chi connectivity index (χ4n) is 5.51. The predicted octanol–water partition coefficient (Wildman–Crippen LogP) is 3.93. The van der Waals surface area contributed by atoms with E-state index in [9.17, 15) is 10.1 Å². The lowest BCUT2D eigenvalue weighted by Crippen LogP contribution is -2.54. The monoisotopic (exact) mass is 531 g/mol. The summed E-state index contributed by atoms with van der Waals surface area (Å²) in [6.07, 6.45) is 1.78. The van der Waals surface area contributed by atoms with E-state index < -0.39 is 0 Å². The van der Waals surface area contributed by atoms with Crippen LogP contribution in [0.2, 0.25) is 5.02 Å². The quantitative estimate of drug-likeness (QED) is 0.497. The Balaban J connectivity index is 1.22. The number of piperazine rings is 2. The average molecular weight is 532 g/mol. The SMILES string of the molecule is Cc1c(CN2CCN(c3ncccc3Cl)CC2)cc(C(=O)N2CCN(c3cccc(C#N)c3)CC2C)n1C. The van der Waals surface area contributed by atoms with Crippen LogP contribution in [0.15, 0.2) is 48.7 Å². The van der Waals surface area contributed by atoms with Crippen LogP contribution in [0.3, 0.4) is 0 Å². The zero-order valence-corrected chi connectivity index (χ0v) is 23.0. The van der Waals surface area contributed by atoms with Crippen molar-refractivity contribution in [3.05, 3.63) is 76.2 Å². The number of pyridine rings is 1. The molecule has 2 fully saturated rings. The number of amides is 1. The number of nitriles is 1. The number of rotatable bonds is 5. The van der Waals surface area contributed by atoms with Gasteiger partial charge in [-0.3, -0.25) is 9.69 Å². The molecule has 0 N–H and O–H groups in total. The van der Waals surface area contributed by atoms with Crippen molar-refractivity contribution in [2.45, 2.75) is 26.4 Å². The van der Waals surface area contributed by atoms with E-state index in [-0.39, 0.29) is 11.9 Å². The van der Waals surface area contributed by atoms with E-state index in [2.05, 4.69) is 45.7 Å². The molecule has 2 aliphatic rings. The van der Waals surface area contributed by atoms with Crippen molar-refractivity contribution in [3.8, 4) is 6.07 Å². The van der Waals surface area contributed by atoms with Gasteiger partial charge in [0.2, 0.25) is 0 Å². The molecular formula is C29H34ClN7O. The van der Waals surface area contributed by atoms with Crippen LogP contribution < -0.4 is 9.80 Å². The Kier molecular flexibility index (Phi) is 7.59. The lowest BCUT2D eigenvalue weighted by molar-refractivity contribution is 0.0664. The molecule has 0 spiro atoms. The molecule has 38 heavy (non-hydrogen) atoms. The molecule has 0 saturated carbocycles. The van der Waals surface area contributed by atoms with Crippen LogP contribution in [0.5, 0.6) is 0 Å². The van der Waals surface area contributed by atoms with Crippen molar-refractivity contribution in [3.63, 3.8) is 0 Å². The van der Waals surface area contributed by atoms with E-state index in [0.29, 0.717) is 17.1 Å². The summed E-state index contributed by atoms with van der Waals surface area (Å²) in [5, 5.41) is 9.93. The fraction of sp³-hybridized carbons (Fsp3) is 0.414. The van der Waals surface area contributed by atoms with E-state index in [1.807, 2.05) is 52.9 Å². The summed E-state index contributed by atoms with van der Waals surface area (Å²) < 4.78 is 2.04. The van der Waals surface area contributed by atoms with E-state index in [4.69, 9.17) is 11.6 Å². The first-order valence-electron chi connectivity index (χ1n) is 13.1. The summed E-state index contributed by atoms with van der Waals surface area (Å²) in [5.74, 6) is 0.930. The smallest absolute Gasteiger partial charge is 0.270 e. The van der Waals surface area contributed by atoms with Crippen LogP contribution in [-0.2, 0) is 13.6 Å². The highest BCUT2D eigenvalue weighted by Crippen LogP contribution is 2.26. The van der Waals surface area contributed by atoms with E-state index in [0.717, 1.165) is 68.7 Å². The molecule has 0 aliphatic carbocycles. The standard InChI is InChI=1S/C29H34ClN7O/c1-21-19-36(25-7-4-6-23(16-25)18-31)14-15-37(21)29(38)27-17-24(22(2)33(27)3)20-34-10-12-35(13-11-34)28-26(30)8-5-9-32-28/h4-9,16-17,21H,10-15,19-20H2,1-3H3. The Morgan fingerprint density at radius 2 is 1.84 bits per heavy atom. The summed E-state index contributed by atoms with van der Waals surface area (Å²) in [6.45, 7) is 10.7. The molecule has 5 rings (SSSR count). The number of aromatic nitrogens is 2. The number of anilines is 2. The number of hydrogen-bond acceptors (Lipinski definition) is 6.